The van der Waals surface area contributed by atoms with Crippen LogP contribution in [0, 0.1) is 5.41 Å². The first-order valence-electron chi connectivity index (χ1n) is 7.02. The van der Waals surface area contributed by atoms with E-state index < -0.39 is 11.7 Å². The molecule has 2 fully saturated rings. The number of aliphatic hydroxyl groups is 1. The highest BCUT2D eigenvalue weighted by atomic mass is 16.6. The lowest BCUT2D eigenvalue weighted by Gasteiger charge is -2.42. The fourth-order valence-corrected chi connectivity index (χ4v) is 2.79. The predicted molar refractivity (Wildman–Crippen MR) is 70.9 cm³/mol. The molecule has 5 heteroatoms. The fourth-order valence-electron chi connectivity index (χ4n) is 2.79. The van der Waals surface area contributed by atoms with Gasteiger partial charge in [0.1, 0.15) is 5.60 Å². The maximum absolute atomic E-state index is 12.3. The Morgan fingerprint density at radius 3 is 2.58 bits per heavy atom. The van der Waals surface area contributed by atoms with Crippen molar-refractivity contribution < 1.29 is 19.4 Å². The van der Waals surface area contributed by atoms with Crippen LogP contribution in [0.4, 0.5) is 4.79 Å². The average Bonchev–Trinajstić information content (AvgIpc) is 3.07. The van der Waals surface area contributed by atoms with Crippen LogP contribution in [0.25, 0.3) is 0 Å². The van der Waals surface area contributed by atoms with Crippen molar-refractivity contribution in [2.75, 3.05) is 19.8 Å². The maximum atomic E-state index is 12.3. The van der Waals surface area contributed by atoms with Gasteiger partial charge in [0.25, 0.3) is 0 Å². The van der Waals surface area contributed by atoms with E-state index in [1.54, 1.807) is 11.8 Å². The molecule has 5 nitrogen and oxygen atoms in total. The molecule has 1 amide bonds. The Bertz CT molecular complexity index is 344. The molecule has 1 N–H and O–H groups in total. The third-order valence-electron chi connectivity index (χ3n) is 4.08. The Hall–Kier alpha value is -0.810. The van der Waals surface area contributed by atoms with E-state index in [2.05, 4.69) is 0 Å². The second-order valence-corrected chi connectivity index (χ2v) is 6.67. The first-order valence-corrected chi connectivity index (χ1v) is 7.02. The zero-order chi connectivity index (χ0) is 14.3. The van der Waals surface area contributed by atoms with Crippen LogP contribution in [-0.4, -0.2) is 53.6 Å². The van der Waals surface area contributed by atoms with Crippen molar-refractivity contribution in [3.05, 3.63) is 0 Å². The molecule has 2 rings (SSSR count). The van der Waals surface area contributed by atoms with Gasteiger partial charge in [-0.05, 0) is 40.5 Å². The summed E-state index contributed by atoms with van der Waals surface area (Å²) in [5.41, 5.74) is -0.696. The molecule has 0 aromatic heterocycles. The lowest BCUT2D eigenvalue weighted by atomic mass is 9.89. The van der Waals surface area contributed by atoms with Crippen LogP contribution in [0.5, 0.6) is 0 Å². The van der Waals surface area contributed by atoms with Crippen LogP contribution in [0.2, 0.25) is 0 Å². The Morgan fingerprint density at radius 1 is 1.47 bits per heavy atom. The number of hydrogen-bond donors (Lipinski definition) is 1. The number of nitrogens with zero attached hydrogens (tertiary/aromatic N) is 1. The molecule has 1 saturated carbocycles. The molecular formula is C14H25NO4. The van der Waals surface area contributed by atoms with E-state index in [0.717, 1.165) is 12.8 Å². The Kier molecular flexibility index (Phi) is 3.80. The Labute approximate surface area is 114 Å². The quantitative estimate of drug-likeness (QED) is 0.831. The van der Waals surface area contributed by atoms with E-state index in [-0.39, 0.29) is 17.6 Å². The molecule has 110 valence electrons. The number of morpholine rings is 1. The molecule has 0 bridgehead atoms. The van der Waals surface area contributed by atoms with E-state index in [0.29, 0.717) is 19.8 Å². The summed E-state index contributed by atoms with van der Waals surface area (Å²) in [5.74, 6) is 0. The summed E-state index contributed by atoms with van der Waals surface area (Å²) >= 11 is 0. The predicted octanol–water partition coefficient (Wildman–Crippen LogP) is 1.78. The zero-order valence-electron chi connectivity index (χ0n) is 12.3. The van der Waals surface area contributed by atoms with Crippen molar-refractivity contribution in [1.82, 2.24) is 4.90 Å². The molecule has 1 saturated heterocycles. The van der Waals surface area contributed by atoms with Gasteiger partial charge in [0.15, 0.2) is 0 Å². The van der Waals surface area contributed by atoms with Gasteiger partial charge in [-0.3, -0.25) is 4.90 Å². The Balaban J connectivity index is 2.11. The number of amides is 1. The minimum Gasteiger partial charge on any atom is -0.444 e. The van der Waals surface area contributed by atoms with Crippen LogP contribution in [-0.2, 0) is 9.47 Å². The van der Waals surface area contributed by atoms with Crippen LogP contribution in [0.1, 0.15) is 40.5 Å². The van der Waals surface area contributed by atoms with Crippen LogP contribution < -0.4 is 0 Å². The van der Waals surface area contributed by atoms with Crippen molar-refractivity contribution in [2.24, 2.45) is 5.41 Å². The highest BCUT2D eigenvalue weighted by molar-refractivity contribution is 5.69. The SMILES string of the molecule is CC(O)C1(C2COCCN2C(=O)OC(C)(C)C)CC1. The second kappa shape index (κ2) is 4.94. The van der Waals surface area contributed by atoms with Gasteiger partial charge >= 0.3 is 6.09 Å². The second-order valence-electron chi connectivity index (χ2n) is 6.67. The minimum atomic E-state index is -0.499. The van der Waals surface area contributed by atoms with E-state index >= 15 is 0 Å². The highest BCUT2D eigenvalue weighted by Gasteiger charge is 2.57. The molecular weight excluding hydrogens is 246 g/mol. The van der Waals surface area contributed by atoms with Crippen molar-refractivity contribution in [3.63, 3.8) is 0 Å². The maximum Gasteiger partial charge on any atom is 0.410 e. The fraction of sp³-hybridized carbons (Fsp3) is 0.929. The van der Waals surface area contributed by atoms with Gasteiger partial charge < -0.3 is 14.6 Å². The standard InChI is InChI=1S/C14H25NO4/c1-10(16)14(5-6-14)11-9-18-8-7-15(11)12(17)19-13(2,3)4/h10-11,16H,5-9H2,1-4H3. The van der Waals surface area contributed by atoms with Gasteiger partial charge in [-0.25, -0.2) is 4.79 Å². The smallest absolute Gasteiger partial charge is 0.410 e. The van der Waals surface area contributed by atoms with E-state index in [4.69, 9.17) is 9.47 Å². The normalized spacial score (nSPS) is 27.8. The molecule has 0 aromatic rings. The third-order valence-corrected chi connectivity index (χ3v) is 4.08. The molecule has 2 unspecified atom stereocenters. The average molecular weight is 271 g/mol. The monoisotopic (exact) mass is 271 g/mol. The molecule has 0 radical (unpaired) electrons. The van der Waals surface area contributed by atoms with Crippen molar-refractivity contribution in [3.8, 4) is 0 Å². The summed E-state index contributed by atoms with van der Waals surface area (Å²) in [6.45, 7) is 8.95. The van der Waals surface area contributed by atoms with Gasteiger partial charge in [0, 0.05) is 12.0 Å². The molecule has 2 atom stereocenters. The van der Waals surface area contributed by atoms with Crippen molar-refractivity contribution >= 4 is 6.09 Å². The summed E-state index contributed by atoms with van der Waals surface area (Å²) in [6.07, 6.45) is 1.16. The number of rotatable bonds is 2. The summed E-state index contributed by atoms with van der Waals surface area (Å²) < 4.78 is 11.0. The van der Waals surface area contributed by atoms with Gasteiger partial charge in [0.2, 0.25) is 0 Å². The van der Waals surface area contributed by atoms with Crippen LogP contribution >= 0.6 is 0 Å². The summed E-state index contributed by atoms with van der Waals surface area (Å²) in [6, 6.07) is -0.0731. The number of ether oxygens (including phenoxy) is 2. The van der Waals surface area contributed by atoms with E-state index in [9.17, 15) is 9.90 Å². The van der Waals surface area contributed by atoms with Gasteiger partial charge in [-0.2, -0.15) is 0 Å². The summed E-state index contributed by atoms with van der Waals surface area (Å²) in [4.78, 5) is 14.0. The lowest BCUT2D eigenvalue weighted by Crippen LogP contribution is -2.56. The number of hydrogen-bond acceptors (Lipinski definition) is 4. The zero-order valence-corrected chi connectivity index (χ0v) is 12.3. The van der Waals surface area contributed by atoms with Crippen LogP contribution in [0.15, 0.2) is 0 Å². The molecule has 2 aliphatic rings. The van der Waals surface area contributed by atoms with E-state index in [1.807, 2.05) is 20.8 Å². The van der Waals surface area contributed by atoms with Gasteiger partial charge in [0.05, 0.1) is 25.4 Å². The number of carbonyl (C=O) groups is 1. The molecule has 1 aliphatic carbocycles. The topological polar surface area (TPSA) is 59.0 Å². The molecule has 0 aromatic carbocycles. The van der Waals surface area contributed by atoms with Gasteiger partial charge in [-0.15, -0.1) is 0 Å². The number of carbonyl (C=O) groups excluding carboxylic acids is 1. The first kappa shape index (κ1) is 14.6. The first-order chi connectivity index (χ1) is 8.76. The van der Waals surface area contributed by atoms with Crippen molar-refractivity contribution in [1.29, 1.82) is 0 Å². The lowest BCUT2D eigenvalue weighted by molar-refractivity contribution is -0.0703. The van der Waals surface area contributed by atoms with Gasteiger partial charge in [-0.1, -0.05) is 0 Å². The van der Waals surface area contributed by atoms with E-state index in [1.165, 1.54) is 0 Å². The Morgan fingerprint density at radius 2 is 2.11 bits per heavy atom. The molecule has 1 heterocycles. The third kappa shape index (κ3) is 3.03. The summed E-state index contributed by atoms with van der Waals surface area (Å²) in [7, 11) is 0. The number of aliphatic hydroxyl groups excluding tert-OH is 1. The van der Waals surface area contributed by atoms with Crippen LogP contribution in [0.3, 0.4) is 0 Å². The largest absolute Gasteiger partial charge is 0.444 e. The molecule has 0 spiro atoms. The van der Waals surface area contributed by atoms with Crippen molar-refractivity contribution in [2.45, 2.75) is 58.3 Å². The highest BCUT2D eigenvalue weighted by Crippen LogP contribution is 2.54. The molecule has 1 aliphatic heterocycles. The molecule has 19 heavy (non-hydrogen) atoms. The summed E-state index contributed by atoms with van der Waals surface area (Å²) in [5, 5.41) is 9.99. The minimum absolute atomic E-state index is 0.0731.